The molecule has 0 spiro atoms. The molecule has 1 saturated carbocycles. The number of hydrogen-bond donors (Lipinski definition) is 5. The standard InChI is InChI=1S/C24H33N5O2.C4H6O6/c1-25-21-10-7-11-29(21)22(30)15-26-24(12-18-8-5-4-6-9-18)13-19-16-28(17-20(19)14-24)23(31)27(2)3;5-1(3(7)8)2(6)4(9)10/h4-6,8-9,19-21,26H,7,10-17H2,2-3H3;1-2,5-6H,(H,7,8)(H,9,10)/t19-,20+,21-,24?;/m0./s1. The second-order valence-electron chi connectivity index (χ2n) is 11.2. The van der Waals surface area contributed by atoms with Gasteiger partial charge < -0.3 is 35.5 Å². The summed E-state index contributed by atoms with van der Waals surface area (Å²) >= 11 is 0. The van der Waals surface area contributed by atoms with Crippen LogP contribution >= 0.6 is 0 Å². The Hall–Kier alpha value is -3.73. The Kier molecular flexibility index (Phi) is 10.7. The topological polar surface area (TPSA) is 175 Å². The van der Waals surface area contributed by atoms with Gasteiger partial charge in [0.05, 0.1) is 6.54 Å². The van der Waals surface area contributed by atoms with E-state index in [1.807, 2.05) is 11.0 Å². The van der Waals surface area contributed by atoms with Crippen LogP contribution in [0.2, 0.25) is 0 Å². The molecule has 3 aliphatic rings. The molecule has 0 aromatic heterocycles. The molecule has 4 rings (SSSR count). The van der Waals surface area contributed by atoms with Gasteiger partial charge in [-0.1, -0.05) is 30.3 Å². The number of amides is 3. The van der Waals surface area contributed by atoms with E-state index in [0.29, 0.717) is 18.4 Å². The predicted octanol–water partition coefficient (Wildman–Crippen LogP) is 0.326. The fraction of sp³-hybridized carbons (Fsp3) is 0.607. The summed E-state index contributed by atoms with van der Waals surface area (Å²) in [5.74, 6) is -2.59. The predicted molar refractivity (Wildman–Crippen MR) is 146 cm³/mol. The number of benzene rings is 1. The number of carbonyl (C=O) groups is 4. The SMILES string of the molecule is O=C(O)C(O)C(O)C(=O)O.[C-]#[N+][C@@H]1CCCN1C(=O)CNC1(Cc2ccccc2)C[C@H]2CN(C(=O)N(C)C)C[C@H]2C1. The Bertz CT molecular complexity index is 1110. The molecule has 2 heterocycles. The van der Waals surface area contributed by atoms with Crippen LogP contribution in [0.3, 0.4) is 0 Å². The minimum absolute atomic E-state index is 0.0346. The van der Waals surface area contributed by atoms with Crippen molar-refractivity contribution < 1.29 is 39.6 Å². The monoisotopic (exact) mass is 573 g/mol. The molecule has 13 heteroatoms. The van der Waals surface area contributed by atoms with Crippen molar-refractivity contribution in [3.8, 4) is 0 Å². The molecule has 2 aliphatic heterocycles. The van der Waals surface area contributed by atoms with Crippen molar-refractivity contribution in [3.05, 3.63) is 47.3 Å². The van der Waals surface area contributed by atoms with Crippen molar-refractivity contribution in [2.24, 2.45) is 11.8 Å². The van der Waals surface area contributed by atoms with Crippen LogP contribution in [0.1, 0.15) is 31.2 Å². The third-order valence-electron chi connectivity index (χ3n) is 8.03. The lowest BCUT2D eigenvalue weighted by atomic mass is 9.87. The number of aliphatic carboxylic acids is 2. The summed E-state index contributed by atoms with van der Waals surface area (Å²) < 4.78 is 0. The number of rotatable bonds is 8. The van der Waals surface area contributed by atoms with E-state index in [-0.39, 0.29) is 30.2 Å². The number of hydrogen-bond acceptors (Lipinski definition) is 7. The second kappa shape index (κ2) is 13.8. The molecule has 3 unspecified atom stereocenters. The quantitative estimate of drug-likeness (QED) is 0.274. The summed E-state index contributed by atoms with van der Waals surface area (Å²) in [4.78, 5) is 53.8. The number of nitrogens with zero attached hydrogens (tertiary/aromatic N) is 4. The van der Waals surface area contributed by atoms with Crippen LogP contribution in [0, 0.1) is 18.4 Å². The molecule has 1 aromatic rings. The largest absolute Gasteiger partial charge is 0.479 e. The highest BCUT2D eigenvalue weighted by Crippen LogP contribution is 2.45. The first-order valence-corrected chi connectivity index (χ1v) is 13.6. The summed E-state index contributed by atoms with van der Waals surface area (Å²) in [6.07, 6.45) is -0.338. The lowest BCUT2D eigenvalue weighted by Gasteiger charge is -2.34. The van der Waals surface area contributed by atoms with Gasteiger partial charge in [-0.2, -0.15) is 0 Å². The van der Waals surface area contributed by atoms with E-state index in [2.05, 4.69) is 34.4 Å². The van der Waals surface area contributed by atoms with E-state index in [1.165, 1.54) is 5.56 Å². The van der Waals surface area contributed by atoms with Crippen molar-refractivity contribution in [1.82, 2.24) is 20.0 Å². The molecule has 0 bridgehead atoms. The molecule has 1 aromatic carbocycles. The molecule has 3 fully saturated rings. The zero-order valence-electron chi connectivity index (χ0n) is 23.3. The summed E-state index contributed by atoms with van der Waals surface area (Å²) in [6.45, 7) is 9.90. The Labute approximate surface area is 239 Å². The molecule has 2 saturated heterocycles. The summed E-state index contributed by atoms with van der Waals surface area (Å²) in [7, 11) is 3.61. The van der Waals surface area contributed by atoms with E-state index in [9.17, 15) is 19.2 Å². The highest BCUT2D eigenvalue weighted by atomic mass is 16.4. The molecule has 41 heavy (non-hydrogen) atoms. The minimum Gasteiger partial charge on any atom is -0.479 e. The normalized spacial score (nSPS) is 26.3. The van der Waals surface area contributed by atoms with Gasteiger partial charge in [-0.3, -0.25) is 14.5 Å². The zero-order valence-corrected chi connectivity index (χ0v) is 23.3. The second-order valence-corrected chi connectivity index (χ2v) is 11.2. The van der Waals surface area contributed by atoms with Crippen LogP contribution in [0.15, 0.2) is 30.3 Å². The van der Waals surface area contributed by atoms with Crippen molar-refractivity contribution in [3.63, 3.8) is 0 Å². The highest BCUT2D eigenvalue weighted by molar-refractivity contribution is 5.83. The third kappa shape index (κ3) is 7.93. The number of carboxylic acids is 2. The Morgan fingerprint density at radius 2 is 1.61 bits per heavy atom. The molecule has 6 atom stereocenters. The van der Waals surface area contributed by atoms with Gasteiger partial charge in [-0.15, -0.1) is 0 Å². The van der Waals surface area contributed by atoms with Crippen molar-refractivity contribution >= 4 is 23.9 Å². The number of likely N-dealkylation sites (tertiary alicyclic amines) is 2. The number of fused-ring (bicyclic) bond motifs is 1. The number of nitrogens with one attached hydrogen (secondary N) is 1. The fourth-order valence-electron chi connectivity index (χ4n) is 6.07. The Balaban J connectivity index is 0.000000397. The molecule has 0 radical (unpaired) electrons. The minimum atomic E-state index is -2.27. The first-order valence-electron chi connectivity index (χ1n) is 13.6. The number of carboxylic acid groups (broad SMARTS) is 2. The van der Waals surface area contributed by atoms with Gasteiger partial charge >= 0.3 is 24.1 Å². The summed E-state index contributed by atoms with van der Waals surface area (Å²) in [5, 5.41) is 36.2. The number of urea groups is 1. The van der Waals surface area contributed by atoms with Gasteiger partial charge in [0, 0.05) is 45.7 Å². The van der Waals surface area contributed by atoms with Crippen molar-refractivity contribution in [1.29, 1.82) is 0 Å². The molecule has 3 amide bonds. The van der Waals surface area contributed by atoms with Gasteiger partial charge in [0.1, 0.15) is 0 Å². The Morgan fingerprint density at radius 1 is 1.05 bits per heavy atom. The van der Waals surface area contributed by atoms with E-state index in [1.54, 1.807) is 23.9 Å². The van der Waals surface area contributed by atoms with Gasteiger partial charge in [0.15, 0.2) is 12.2 Å². The van der Waals surface area contributed by atoms with Crippen LogP contribution in [0.25, 0.3) is 4.85 Å². The van der Waals surface area contributed by atoms with Gasteiger partial charge in [-0.05, 0) is 43.1 Å². The fourth-order valence-corrected chi connectivity index (χ4v) is 6.07. The lowest BCUT2D eigenvalue weighted by Crippen LogP contribution is -2.51. The molecule has 13 nitrogen and oxygen atoms in total. The van der Waals surface area contributed by atoms with Gasteiger partial charge in [0.2, 0.25) is 5.91 Å². The average Bonchev–Trinajstić information content (AvgIpc) is 3.65. The first-order chi connectivity index (χ1) is 19.4. The van der Waals surface area contributed by atoms with Crippen LogP contribution in [-0.4, -0.2) is 123 Å². The maximum atomic E-state index is 12.9. The van der Waals surface area contributed by atoms with Crippen LogP contribution in [0.5, 0.6) is 0 Å². The molecular formula is C28H39N5O8. The smallest absolute Gasteiger partial charge is 0.335 e. The van der Waals surface area contributed by atoms with E-state index in [4.69, 9.17) is 27.0 Å². The number of carbonyl (C=O) groups excluding carboxylic acids is 2. The lowest BCUT2D eigenvalue weighted by molar-refractivity contribution is -0.165. The molecule has 1 aliphatic carbocycles. The first kappa shape index (κ1) is 31.8. The van der Waals surface area contributed by atoms with Crippen LogP contribution < -0.4 is 5.32 Å². The maximum absolute atomic E-state index is 12.9. The zero-order chi connectivity index (χ0) is 30.3. The number of aliphatic hydroxyl groups excluding tert-OH is 2. The third-order valence-corrected chi connectivity index (χ3v) is 8.03. The number of aliphatic hydroxyl groups is 2. The Morgan fingerprint density at radius 3 is 2.10 bits per heavy atom. The maximum Gasteiger partial charge on any atom is 0.335 e. The average molecular weight is 574 g/mol. The molecular weight excluding hydrogens is 534 g/mol. The summed E-state index contributed by atoms with van der Waals surface area (Å²) in [5.41, 5.74) is 1.12. The van der Waals surface area contributed by atoms with Crippen LogP contribution in [0.4, 0.5) is 4.79 Å². The van der Waals surface area contributed by atoms with E-state index < -0.39 is 24.1 Å². The molecule has 224 valence electrons. The van der Waals surface area contributed by atoms with E-state index >= 15 is 0 Å². The molecule has 5 N–H and O–H groups in total. The van der Waals surface area contributed by atoms with Crippen molar-refractivity contribution in [2.45, 2.75) is 56.0 Å². The summed E-state index contributed by atoms with van der Waals surface area (Å²) in [6, 6.07) is 10.5. The van der Waals surface area contributed by atoms with Crippen LogP contribution in [-0.2, 0) is 20.8 Å². The van der Waals surface area contributed by atoms with Gasteiger partial charge in [0.25, 0.3) is 0 Å². The highest BCUT2D eigenvalue weighted by Gasteiger charge is 2.50. The van der Waals surface area contributed by atoms with Crippen molar-refractivity contribution in [2.75, 3.05) is 40.3 Å². The van der Waals surface area contributed by atoms with E-state index in [0.717, 1.165) is 45.2 Å². The van der Waals surface area contributed by atoms with Gasteiger partial charge in [-0.25, -0.2) is 21.0 Å².